The van der Waals surface area contributed by atoms with E-state index in [2.05, 4.69) is 42.7 Å². The van der Waals surface area contributed by atoms with Crippen LogP contribution in [0.1, 0.15) is 100 Å². The van der Waals surface area contributed by atoms with E-state index in [4.69, 9.17) is 39.2 Å². The van der Waals surface area contributed by atoms with Crippen molar-refractivity contribution in [3.8, 4) is 46.2 Å². The standard InChI is InChI=1S/C27H24FN5O3.C18H25BN2O3.C15H11ClFN3O2.2CH4/c1-33(2)27(34)18-12-21(28)25(31-15-18)24-13-23-26(36-24)20(5-8-30-23)16-3-4-22(17(11-16)14-29)32-19-6-9-35-10-7-19;1-17(2)18(3,4)24-19(23-17)14-5-6-16(13(11-14)12-20)21-15-7-9-22-10-8-15;1-20(2)15(21)8-5-10(17)13(19-7-8)12-6-11-14(22-12)9(16)3-4-18-11;;/h3-5,8,11-13,15,19,32H,6-7,9-10H2,1-2H3;5-6,11,15,21H,7-10H2,1-4H3;3-7H,1-2H3;2*1H4. The van der Waals surface area contributed by atoms with Crippen LogP contribution >= 0.6 is 11.6 Å². The van der Waals surface area contributed by atoms with Gasteiger partial charge in [0.2, 0.25) is 0 Å². The van der Waals surface area contributed by atoms with E-state index in [-0.39, 0.29) is 77.9 Å². The predicted molar refractivity (Wildman–Crippen MR) is 321 cm³/mol. The van der Waals surface area contributed by atoms with E-state index < -0.39 is 18.8 Å². The van der Waals surface area contributed by atoms with E-state index in [1.807, 2.05) is 58.0 Å². The van der Waals surface area contributed by atoms with Gasteiger partial charge in [-0.1, -0.05) is 38.6 Å². The first-order chi connectivity index (χ1) is 39.2. The van der Waals surface area contributed by atoms with Crippen LogP contribution in [0.4, 0.5) is 20.2 Å². The number of rotatable bonds is 10. The van der Waals surface area contributed by atoms with Gasteiger partial charge in [-0.3, -0.25) is 19.6 Å². The smallest absolute Gasteiger partial charge is 0.452 e. The minimum atomic E-state index is -0.668. The van der Waals surface area contributed by atoms with Crippen molar-refractivity contribution >= 4 is 69.6 Å². The van der Waals surface area contributed by atoms with Gasteiger partial charge in [0.1, 0.15) is 34.6 Å². The Kier molecular flexibility index (Phi) is 20.3. The van der Waals surface area contributed by atoms with Crippen molar-refractivity contribution in [2.45, 2.75) is 91.5 Å². The molecule has 3 saturated heterocycles. The topological polar surface area (TPSA) is 227 Å². The summed E-state index contributed by atoms with van der Waals surface area (Å²) >= 11 is 6.00. The molecule has 3 aliphatic heterocycles. The molecular formula is C62H68BClF2N10O8. The number of benzene rings is 2. The Labute approximate surface area is 493 Å². The zero-order valence-corrected chi connectivity index (χ0v) is 47.4. The number of carbonyl (C=O) groups is 2. The van der Waals surface area contributed by atoms with Crippen molar-refractivity contribution < 1.29 is 46.0 Å². The van der Waals surface area contributed by atoms with Crippen LogP contribution in [-0.2, 0) is 18.8 Å². The molecular weight excluding hydrogens is 1100 g/mol. The average molecular weight is 1170 g/mol. The highest BCUT2D eigenvalue weighted by Crippen LogP contribution is 2.38. The third-order valence-electron chi connectivity index (χ3n) is 14.5. The van der Waals surface area contributed by atoms with E-state index in [1.54, 1.807) is 64.7 Å². The number of carbonyl (C=O) groups excluding carboxylic acids is 2. The Bertz CT molecular complexity index is 3740. The molecule has 84 heavy (non-hydrogen) atoms. The first-order valence-corrected chi connectivity index (χ1v) is 26.9. The van der Waals surface area contributed by atoms with Crippen LogP contribution < -0.4 is 16.1 Å². The van der Waals surface area contributed by atoms with E-state index in [0.717, 1.165) is 79.0 Å². The Hall–Kier alpha value is -8.31. The molecule has 0 bridgehead atoms. The first kappa shape index (κ1) is 63.3. The van der Waals surface area contributed by atoms with Gasteiger partial charge in [-0.15, -0.1) is 0 Å². The summed E-state index contributed by atoms with van der Waals surface area (Å²) in [6.45, 7) is 11.1. The molecule has 0 aliphatic carbocycles. The number of anilines is 2. The van der Waals surface area contributed by atoms with Gasteiger partial charge in [0.25, 0.3) is 11.8 Å². The number of hydrogen-bond donors (Lipinski definition) is 2. The van der Waals surface area contributed by atoms with Crippen LogP contribution in [0.25, 0.3) is 56.2 Å². The molecule has 11 rings (SSSR count). The Morgan fingerprint density at radius 2 is 1.08 bits per heavy atom. The number of nitrogens with one attached hydrogen (secondary N) is 2. The highest BCUT2D eigenvalue weighted by atomic mass is 35.5. The Balaban J connectivity index is 0.000000186. The Morgan fingerprint density at radius 1 is 0.631 bits per heavy atom. The average Bonchev–Trinajstić information content (AvgIpc) is 4.39. The van der Waals surface area contributed by atoms with Gasteiger partial charge >= 0.3 is 7.12 Å². The third kappa shape index (κ3) is 14.0. The van der Waals surface area contributed by atoms with Crippen LogP contribution in [0.5, 0.6) is 0 Å². The number of amides is 2. The fourth-order valence-corrected chi connectivity index (χ4v) is 9.45. The summed E-state index contributed by atoms with van der Waals surface area (Å²) < 4.78 is 63.6. The molecule has 2 aromatic carbocycles. The SMILES string of the molecule is C.C.CC1(C)OB(c2ccc(NC3CCOCC3)c(C#N)c2)OC1(C)C.CN(C)C(=O)c1cnc(-c2cc3nccc(-c4ccc(NC5CCOCC5)c(C#N)c4)c3o2)c(F)c1.CN(C)C(=O)c1cnc(-c2cc3nccc(Cl)c3o2)c(F)c1. The summed E-state index contributed by atoms with van der Waals surface area (Å²) in [6, 6.07) is 25.4. The summed E-state index contributed by atoms with van der Waals surface area (Å²) in [6.07, 6.45) is 9.51. The van der Waals surface area contributed by atoms with E-state index in [0.29, 0.717) is 57.6 Å². The van der Waals surface area contributed by atoms with Gasteiger partial charge in [-0.05, 0) is 113 Å². The maximum absolute atomic E-state index is 14.9. The molecule has 6 aromatic heterocycles. The summed E-state index contributed by atoms with van der Waals surface area (Å²) in [5.74, 6) is -1.58. The molecule has 22 heteroatoms. The maximum Gasteiger partial charge on any atom is 0.494 e. The number of pyridine rings is 4. The van der Waals surface area contributed by atoms with E-state index in [9.17, 15) is 28.9 Å². The molecule has 8 aromatic rings. The molecule has 3 aliphatic rings. The summed E-state index contributed by atoms with van der Waals surface area (Å²) in [7, 11) is 5.90. The van der Waals surface area contributed by atoms with Gasteiger partial charge in [0, 0.05) is 109 Å². The van der Waals surface area contributed by atoms with Crippen molar-refractivity contribution in [1.82, 2.24) is 29.7 Å². The number of hydrogen-bond acceptors (Lipinski definition) is 16. The molecule has 2 N–H and O–H groups in total. The van der Waals surface area contributed by atoms with Crippen molar-refractivity contribution in [2.75, 3.05) is 65.3 Å². The second kappa shape index (κ2) is 26.9. The third-order valence-corrected chi connectivity index (χ3v) is 14.8. The molecule has 438 valence electrons. The highest BCUT2D eigenvalue weighted by molar-refractivity contribution is 6.62. The molecule has 2 amide bonds. The summed E-state index contributed by atoms with van der Waals surface area (Å²) in [4.78, 5) is 43.2. The molecule has 9 heterocycles. The highest BCUT2D eigenvalue weighted by Gasteiger charge is 2.51. The van der Waals surface area contributed by atoms with Crippen molar-refractivity contribution in [3.05, 3.63) is 136 Å². The fourth-order valence-electron chi connectivity index (χ4n) is 9.25. The fraction of sp³-hybridized carbons (Fsp3) is 0.355. The van der Waals surface area contributed by atoms with Crippen LogP contribution in [0.2, 0.25) is 5.02 Å². The van der Waals surface area contributed by atoms with Gasteiger partial charge in [-0.25, -0.2) is 18.7 Å². The maximum atomic E-state index is 14.9. The van der Waals surface area contributed by atoms with Crippen LogP contribution in [0.3, 0.4) is 0 Å². The normalized spacial score (nSPS) is 15.4. The quantitative estimate of drug-likeness (QED) is 0.121. The van der Waals surface area contributed by atoms with Crippen molar-refractivity contribution in [2.24, 2.45) is 0 Å². The van der Waals surface area contributed by atoms with E-state index >= 15 is 0 Å². The lowest BCUT2D eigenvalue weighted by molar-refractivity contribution is 0.00578. The minimum absolute atomic E-state index is 0. The molecule has 0 saturated carbocycles. The molecule has 0 unspecified atom stereocenters. The summed E-state index contributed by atoms with van der Waals surface area (Å²) in [5.41, 5.74) is 6.55. The minimum Gasteiger partial charge on any atom is -0.452 e. The van der Waals surface area contributed by atoms with Crippen molar-refractivity contribution in [1.29, 1.82) is 10.5 Å². The van der Waals surface area contributed by atoms with E-state index in [1.165, 1.54) is 28.4 Å². The molecule has 3 fully saturated rings. The largest absolute Gasteiger partial charge is 0.494 e. The second-order valence-electron chi connectivity index (χ2n) is 21.2. The predicted octanol–water partition coefficient (Wildman–Crippen LogP) is 12.0. The first-order valence-electron chi connectivity index (χ1n) is 26.5. The van der Waals surface area contributed by atoms with Crippen LogP contribution in [-0.4, -0.2) is 127 Å². The van der Waals surface area contributed by atoms with Crippen LogP contribution in [0, 0.1) is 34.3 Å². The number of nitrogens with zero attached hydrogens (tertiary/aromatic N) is 8. The zero-order chi connectivity index (χ0) is 58.5. The lowest BCUT2D eigenvalue weighted by Gasteiger charge is -2.32. The van der Waals surface area contributed by atoms with Gasteiger partial charge in [0.15, 0.2) is 34.3 Å². The van der Waals surface area contributed by atoms with Gasteiger partial charge < -0.3 is 48.1 Å². The number of fused-ring (bicyclic) bond motifs is 2. The number of halogens is 3. The summed E-state index contributed by atoms with van der Waals surface area (Å²) in [5, 5.41) is 26.6. The Morgan fingerprint density at radius 3 is 1.55 bits per heavy atom. The van der Waals surface area contributed by atoms with Crippen LogP contribution in [0.15, 0.2) is 106 Å². The molecule has 0 atom stereocenters. The second-order valence-corrected chi connectivity index (χ2v) is 21.7. The molecule has 0 spiro atoms. The number of nitriles is 2. The zero-order valence-electron chi connectivity index (χ0n) is 46.6. The molecule has 0 radical (unpaired) electrons. The lowest BCUT2D eigenvalue weighted by Crippen LogP contribution is -2.41. The lowest BCUT2D eigenvalue weighted by atomic mass is 9.78. The number of ether oxygens (including phenoxy) is 2. The monoisotopic (exact) mass is 1160 g/mol. The number of aromatic nitrogens is 4. The molecule has 18 nitrogen and oxygen atoms in total. The number of furan rings is 2. The van der Waals surface area contributed by atoms with Gasteiger partial charge in [0.05, 0.1) is 49.9 Å². The van der Waals surface area contributed by atoms with Gasteiger partial charge in [-0.2, -0.15) is 10.5 Å². The van der Waals surface area contributed by atoms with Crippen molar-refractivity contribution in [3.63, 3.8) is 0 Å².